The Hall–Kier alpha value is -0.120. The third-order valence-corrected chi connectivity index (χ3v) is 3.41. The minimum atomic E-state index is 0.826. The Morgan fingerprint density at radius 1 is 1.13 bits per heavy atom. The van der Waals surface area contributed by atoms with Gasteiger partial charge in [0.25, 0.3) is 0 Å². The zero-order valence-electron chi connectivity index (χ0n) is 10.4. The molecule has 1 fully saturated rings. The maximum absolute atomic E-state index is 5.52. The van der Waals surface area contributed by atoms with Crippen LogP contribution in [0.4, 0.5) is 0 Å². The monoisotopic (exact) mass is 213 g/mol. The molecule has 0 aromatic rings. The van der Waals surface area contributed by atoms with Crippen LogP contribution in [0.5, 0.6) is 0 Å². The van der Waals surface area contributed by atoms with Crippen LogP contribution in [0, 0.1) is 5.92 Å². The van der Waals surface area contributed by atoms with Crippen LogP contribution >= 0.6 is 0 Å². The highest BCUT2D eigenvalue weighted by molar-refractivity contribution is 4.73. The van der Waals surface area contributed by atoms with E-state index in [0.717, 1.165) is 18.9 Å². The summed E-state index contributed by atoms with van der Waals surface area (Å²) < 4.78 is 0. The first kappa shape index (κ1) is 12.9. The lowest BCUT2D eigenvalue weighted by Crippen LogP contribution is -2.47. The fourth-order valence-electron chi connectivity index (χ4n) is 2.08. The second-order valence-corrected chi connectivity index (χ2v) is 4.80. The second kappa shape index (κ2) is 7.20. The van der Waals surface area contributed by atoms with Gasteiger partial charge >= 0.3 is 0 Å². The number of piperazine rings is 1. The normalized spacial score (nSPS) is 21.8. The van der Waals surface area contributed by atoms with Crippen molar-refractivity contribution < 1.29 is 0 Å². The predicted molar refractivity (Wildman–Crippen MR) is 66.0 cm³/mol. The van der Waals surface area contributed by atoms with Gasteiger partial charge in [-0.3, -0.25) is 0 Å². The van der Waals surface area contributed by atoms with Crippen molar-refractivity contribution in [2.24, 2.45) is 11.7 Å². The Morgan fingerprint density at radius 2 is 1.73 bits per heavy atom. The van der Waals surface area contributed by atoms with Gasteiger partial charge in [0, 0.05) is 32.7 Å². The van der Waals surface area contributed by atoms with Crippen LogP contribution in [0.2, 0.25) is 0 Å². The van der Waals surface area contributed by atoms with Crippen LogP contribution in [0.3, 0.4) is 0 Å². The number of hydrogen-bond acceptors (Lipinski definition) is 3. The predicted octanol–water partition coefficient (Wildman–Crippen LogP) is 0.999. The summed E-state index contributed by atoms with van der Waals surface area (Å²) in [7, 11) is 0. The molecule has 90 valence electrons. The van der Waals surface area contributed by atoms with Crippen molar-refractivity contribution in [1.29, 1.82) is 0 Å². The quantitative estimate of drug-likeness (QED) is 0.714. The van der Waals surface area contributed by atoms with Gasteiger partial charge in [-0.15, -0.1) is 0 Å². The lowest BCUT2D eigenvalue weighted by Gasteiger charge is -2.35. The molecular weight excluding hydrogens is 186 g/mol. The van der Waals surface area contributed by atoms with Crippen LogP contribution in [0.15, 0.2) is 0 Å². The molecule has 3 heteroatoms. The van der Waals surface area contributed by atoms with Crippen LogP contribution in [0.25, 0.3) is 0 Å². The minimum absolute atomic E-state index is 0.826. The maximum atomic E-state index is 5.52. The third kappa shape index (κ3) is 4.96. The van der Waals surface area contributed by atoms with Gasteiger partial charge < -0.3 is 15.5 Å². The first-order valence-corrected chi connectivity index (χ1v) is 6.41. The van der Waals surface area contributed by atoms with E-state index in [0.29, 0.717) is 0 Å². The van der Waals surface area contributed by atoms with Crippen LogP contribution in [-0.4, -0.2) is 55.6 Å². The SMILES string of the molecule is CCC(C)CN1CCN(CCCN)CC1. The molecular formula is C12H27N3. The lowest BCUT2D eigenvalue weighted by atomic mass is 10.1. The molecule has 1 rings (SSSR count). The summed E-state index contributed by atoms with van der Waals surface area (Å²) in [6.45, 7) is 12.9. The molecule has 0 saturated carbocycles. The van der Waals surface area contributed by atoms with E-state index < -0.39 is 0 Å². The minimum Gasteiger partial charge on any atom is -0.330 e. The zero-order chi connectivity index (χ0) is 11.1. The molecule has 0 aliphatic carbocycles. The molecule has 0 spiro atoms. The van der Waals surface area contributed by atoms with Crippen molar-refractivity contribution >= 4 is 0 Å². The van der Waals surface area contributed by atoms with Gasteiger partial charge in [-0.2, -0.15) is 0 Å². The van der Waals surface area contributed by atoms with E-state index in [1.165, 1.54) is 45.7 Å². The molecule has 15 heavy (non-hydrogen) atoms. The van der Waals surface area contributed by atoms with Gasteiger partial charge in [-0.1, -0.05) is 20.3 Å². The molecule has 0 amide bonds. The topological polar surface area (TPSA) is 32.5 Å². The highest BCUT2D eigenvalue weighted by Crippen LogP contribution is 2.08. The molecule has 0 aromatic heterocycles. The van der Waals surface area contributed by atoms with Gasteiger partial charge in [0.1, 0.15) is 0 Å². The van der Waals surface area contributed by atoms with Crippen LogP contribution in [-0.2, 0) is 0 Å². The van der Waals surface area contributed by atoms with E-state index in [1.54, 1.807) is 0 Å². The average Bonchev–Trinajstić information content (AvgIpc) is 2.28. The Labute approximate surface area is 94.6 Å². The van der Waals surface area contributed by atoms with E-state index in [-0.39, 0.29) is 0 Å². The maximum Gasteiger partial charge on any atom is 0.0110 e. The Kier molecular flexibility index (Phi) is 6.22. The van der Waals surface area contributed by atoms with Crippen LogP contribution < -0.4 is 5.73 Å². The Balaban J connectivity index is 2.12. The molecule has 0 bridgehead atoms. The summed E-state index contributed by atoms with van der Waals surface area (Å²) in [6.07, 6.45) is 2.44. The largest absolute Gasteiger partial charge is 0.330 e. The van der Waals surface area contributed by atoms with E-state index in [9.17, 15) is 0 Å². The van der Waals surface area contributed by atoms with Gasteiger partial charge in [0.05, 0.1) is 0 Å². The summed E-state index contributed by atoms with van der Waals surface area (Å²) in [5, 5.41) is 0. The number of nitrogens with zero attached hydrogens (tertiary/aromatic N) is 2. The van der Waals surface area contributed by atoms with E-state index in [1.807, 2.05) is 0 Å². The molecule has 1 unspecified atom stereocenters. The lowest BCUT2D eigenvalue weighted by molar-refractivity contribution is 0.119. The van der Waals surface area contributed by atoms with Crippen molar-refractivity contribution in [3.63, 3.8) is 0 Å². The number of nitrogens with two attached hydrogens (primary N) is 1. The summed E-state index contributed by atoms with van der Waals surface area (Å²) in [5.74, 6) is 0.848. The molecule has 0 radical (unpaired) electrons. The first-order valence-electron chi connectivity index (χ1n) is 6.41. The standard InChI is InChI=1S/C12H27N3/c1-3-12(2)11-15-9-7-14(8-10-15)6-4-5-13/h12H,3-11,13H2,1-2H3. The van der Waals surface area contributed by atoms with Crippen molar-refractivity contribution in [2.75, 3.05) is 45.8 Å². The van der Waals surface area contributed by atoms with Crippen molar-refractivity contribution in [2.45, 2.75) is 26.7 Å². The van der Waals surface area contributed by atoms with Crippen molar-refractivity contribution in [1.82, 2.24) is 9.80 Å². The van der Waals surface area contributed by atoms with Crippen molar-refractivity contribution in [3.8, 4) is 0 Å². The molecule has 1 heterocycles. The first-order chi connectivity index (χ1) is 7.26. The van der Waals surface area contributed by atoms with E-state index in [4.69, 9.17) is 5.73 Å². The Morgan fingerprint density at radius 3 is 2.27 bits per heavy atom. The third-order valence-electron chi connectivity index (χ3n) is 3.41. The molecule has 1 aliphatic rings. The highest BCUT2D eigenvalue weighted by Gasteiger charge is 2.17. The van der Waals surface area contributed by atoms with Gasteiger partial charge in [0.15, 0.2) is 0 Å². The zero-order valence-corrected chi connectivity index (χ0v) is 10.4. The second-order valence-electron chi connectivity index (χ2n) is 4.80. The summed E-state index contributed by atoms with van der Waals surface area (Å²) in [5.41, 5.74) is 5.52. The molecule has 2 N–H and O–H groups in total. The smallest absolute Gasteiger partial charge is 0.0110 e. The Bertz CT molecular complexity index is 153. The van der Waals surface area contributed by atoms with E-state index >= 15 is 0 Å². The number of rotatable bonds is 6. The highest BCUT2D eigenvalue weighted by atomic mass is 15.3. The fraction of sp³-hybridized carbons (Fsp3) is 1.00. The molecule has 1 saturated heterocycles. The average molecular weight is 213 g/mol. The van der Waals surface area contributed by atoms with E-state index in [2.05, 4.69) is 23.6 Å². The fourth-order valence-corrected chi connectivity index (χ4v) is 2.08. The summed E-state index contributed by atoms with van der Waals surface area (Å²) >= 11 is 0. The molecule has 3 nitrogen and oxygen atoms in total. The van der Waals surface area contributed by atoms with Gasteiger partial charge in [-0.05, 0) is 25.4 Å². The van der Waals surface area contributed by atoms with Crippen molar-refractivity contribution in [3.05, 3.63) is 0 Å². The van der Waals surface area contributed by atoms with Gasteiger partial charge in [-0.25, -0.2) is 0 Å². The number of hydrogen-bond donors (Lipinski definition) is 1. The summed E-state index contributed by atoms with van der Waals surface area (Å²) in [4.78, 5) is 5.15. The summed E-state index contributed by atoms with van der Waals surface area (Å²) in [6, 6.07) is 0. The molecule has 0 aromatic carbocycles. The molecule has 1 atom stereocenters. The molecule has 1 aliphatic heterocycles. The van der Waals surface area contributed by atoms with Gasteiger partial charge in [0.2, 0.25) is 0 Å². The van der Waals surface area contributed by atoms with Crippen LogP contribution in [0.1, 0.15) is 26.7 Å².